The molecule has 2 rings (SSSR count). The average Bonchev–Trinajstić information content (AvgIpc) is 2.75. The standard InChI is InChI=1S/C11H13NO4/c1-12(11(14)4-5-13)8-2-3-9-10(6-8)16-7-15-9/h2-3,6,13H,4-5,7H2,1H3. The fourth-order valence-electron chi connectivity index (χ4n) is 1.50. The van der Waals surface area contributed by atoms with Gasteiger partial charge in [-0.3, -0.25) is 4.79 Å². The van der Waals surface area contributed by atoms with Gasteiger partial charge in [-0.05, 0) is 12.1 Å². The van der Waals surface area contributed by atoms with Crippen LogP contribution in [-0.4, -0.2) is 31.5 Å². The molecule has 5 nitrogen and oxygen atoms in total. The number of benzene rings is 1. The first-order valence-electron chi connectivity index (χ1n) is 4.99. The number of hydrogen-bond acceptors (Lipinski definition) is 4. The maximum Gasteiger partial charge on any atom is 0.231 e. The van der Waals surface area contributed by atoms with Gasteiger partial charge in [0.2, 0.25) is 12.7 Å². The van der Waals surface area contributed by atoms with Crippen molar-refractivity contribution < 1.29 is 19.4 Å². The lowest BCUT2D eigenvalue weighted by Gasteiger charge is -2.17. The Morgan fingerprint density at radius 2 is 2.19 bits per heavy atom. The van der Waals surface area contributed by atoms with Crippen LogP contribution in [0.5, 0.6) is 11.5 Å². The van der Waals surface area contributed by atoms with E-state index in [2.05, 4.69) is 0 Å². The minimum absolute atomic E-state index is 0.116. The van der Waals surface area contributed by atoms with Crippen molar-refractivity contribution in [3.8, 4) is 11.5 Å². The van der Waals surface area contributed by atoms with E-state index in [1.807, 2.05) is 0 Å². The van der Waals surface area contributed by atoms with Crippen LogP contribution in [0.2, 0.25) is 0 Å². The summed E-state index contributed by atoms with van der Waals surface area (Å²) in [4.78, 5) is 13.0. The van der Waals surface area contributed by atoms with Crippen LogP contribution in [0.25, 0.3) is 0 Å². The van der Waals surface area contributed by atoms with E-state index >= 15 is 0 Å². The molecule has 0 fully saturated rings. The summed E-state index contributed by atoms with van der Waals surface area (Å²) in [6.45, 7) is 0.0703. The molecular formula is C11H13NO4. The van der Waals surface area contributed by atoms with Crippen LogP contribution in [0.4, 0.5) is 5.69 Å². The molecule has 0 saturated carbocycles. The summed E-state index contributed by atoms with van der Waals surface area (Å²) < 4.78 is 10.4. The number of fused-ring (bicyclic) bond motifs is 1. The van der Waals surface area contributed by atoms with E-state index < -0.39 is 0 Å². The van der Waals surface area contributed by atoms with Gasteiger partial charge in [-0.15, -0.1) is 0 Å². The summed E-state index contributed by atoms with van der Waals surface area (Å²) in [7, 11) is 1.66. The Kier molecular flexibility index (Phi) is 2.96. The normalized spacial score (nSPS) is 12.6. The van der Waals surface area contributed by atoms with Gasteiger partial charge in [-0.2, -0.15) is 0 Å². The molecule has 1 aliphatic heterocycles. The molecule has 0 radical (unpaired) electrons. The predicted molar refractivity (Wildman–Crippen MR) is 57.7 cm³/mol. The maximum atomic E-state index is 11.5. The minimum atomic E-state index is -0.145. The molecule has 0 atom stereocenters. The zero-order valence-electron chi connectivity index (χ0n) is 8.97. The largest absolute Gasteiger partial charge is 0.454 e. The van der Waals surface area contributed by atoms with Crippen molar-refractivity contribution >= 4 is 11.6 Å². The second-order valence-electron chi connectivity index (χ2n) is 3.46. The Hall–Kier alpha value is -1.75. The molecule has 0 aromatic heterocycles. The van der Waals surface area contributed by atoms with Gasteiger partial charge in [0.25, 0.3) is 0 Å². The summed E-state index contributed by atoms with van der Waals surface area (Å²) in [6, 6.07) is 5.29. The Morgan fingerprint density at radius 1 is 1.44 bits per heavy atom. The number of aliphatic hydroxyl groups is 1. The molecule has 86 valence electrons. The molecule has 1 N–H and O–H groups in total. The van der Waals surface area contributed by atoms with Crippen molar-refractivity contribution in [1.29, 1.82) is 0 Å². The van der Waals surface area contributed by atoms with Gasteiger partial charge in [0.1, 0.15) is 0 Å². The Balaban J connectivity index is 2.18. The van der Waals surface area contributed by atoms with Gasteiger partial charge in [0.15, 0.2) is 11.5 Å². The van der Waals surface area contributed by atoms with Crippen molar-refractivity contribution in [3.05, 3.63) is 18.2 Å². The average molecular weight is 223 g/mol. The van der Waals surface area contributed by atoms with Crippen LogP contribution in [0, 0.1) is 0 Å². The van der Waals surface area contributed by atoms with Crippen molar-refractivity contribution in [1.82, 2.24) is 0 Å². The van der Waals surface area contributed by atoms with E-state index in [1.54, 1.807) is 25.2 Å². The van der Waals surface area contributed by atoms with Crippen LogP contribution >= 0.6 is 0 Å². The fourth-order valence-corrected chi connectivity index (χ4v) is 1.50. The highest BCUT2D eigenvalue weighted by atomic mass is 16.7. The molecule has 1 aliphatic rings. The number of carbonyl (C=O) groups is 1. The molecule has 1 amide bonds. The molecule has 0 saturated heterocycles. The van der Waals surface area contributed by atoms with Gasteiger partial charge in [0.05, 0.1) is 13.0 Å². The van der Waals surface area contributed by atoms with Crippen LogP contribution < -0.4 is 14.4 Å². The summed E-state index contributed by atoms with van der Waals surface area (Å²) in [5, 5.41) is 8.70. The number of ether oxygens (including phenoxy) is 2. The second kappa shape index (κ2) is 4.40. The van der Waals surface area contributed by atoms with Crippen molar-refractivity contribution in [2.24, 2.45) is 0 Å². The van der Waals surface area contributed by atoms with E-state index in [0.717, 1.165) is 5.69 Å². The molecule has 16 heavy (non-hydrogen) atoms. The molecule has 1 aromatic rings. The monoisotopic (exact) mass is 223 g/mol. The highest BCUT2D eigenvalue weighted by Gasteiger charge is 2.16. The van der Waals surface area contributed by atoms with E-state index in [-0.39, 0.29) is 25.7 Å². The molecule has 1 heterocycles. The quantitative estimate of drug-likeness (QED) is 0.821. The summed E-state index contributed by atoms with van der Waals surface area (Å²) in [5.74, 6) is 1.19. The molecule has 0 unspecified atom stereocenters. The summed E-state index contributed by atoms with van der Waals surface area (Å²) in [6.07, 6.45) is 0.116. The fraction of sp³-hybridized carbons (Fsp3) is 0.364. The first-order chi connectivity index (χ1) is 7.72. The zero-order chi connectivity index (χ0) is 11.5. The molecule has 0 aliphatic carbocycles. The number of nitrogens with zero attached hydrogens (tertiary/aromatic N) is 1. The van der Waals surface area contributed by atoms with Gasteiger partial charge >= 0.3 is 0 Å². The molecule has 1 aromatic carbocycles. The predicted octanol–water partition coefficient (Wildman–Crippen LogP) is 0.760. The van der Waals surface area contributed by atoms with Gasteiger partial charge < -0.3 is 19.5 Å². The summed E-state index contributed by atoms with van der Waals surface area (Å²) in [5.41, 5.74) is 0.725. The lowest BCUT2D eigenvalue weighted by molar-refractivity contribution is -0.118. The molecule has 0 spiro atoms. The van der Waals surface area contributed by atoms with Crippen LogP contribution in [0.3, 0.4) is 0 Å². The van der Waals surface area contributed by atoms with Crippen LogP contribution in [0.15, 0.2) is 18.2 Å². The zero-order valence-corrected chi connectivity index (χ0v) is 8.97. The molecule has 0 bridgehead atoms. The van der Waals surface area contributed by atoms with E-state index in [4.69, 9.17) is 14.6 Å². The van der Waals surface area contributed by atoms with Crippen molar-refractivity contribution in [2.45, 2.75) is 6.42 Å². The second-order valence-corrected chi connectivity index (χ2v) is 3.46. The number of carbonyl (C=O) groups excluding carboxylic acids is 1. The van der Waals surface area contributed by atoms with Crippen LogP contribution in [0.1, 0.15) is 6.42 Å². The Labute approximate surface area is 93.2 Å². The first kappa shape index (κ1) is 10.8. The smallest absolute Gasteiger partial charge is 0.231 e. The number of hydrogen-bond donors (Lipinski definition) is 1. The summed E-state index contributed by atoms with van der Waals surface area (Å²) >= 11 is 0. The molecular weight excluding hydrogens is 210 g/mol. The number of amides is 1. The topological polar surface area (TPSA) is 59.0 Å². The highest BCUT2D eigenvalue weighted by molar-refractivity contribution is 5.93. The van der Waals surface area contributed by atoms with E-state index in [9.17, 15) is 4.79 Å². The minimum Gasteiger partial charge on any atom is -0.454 e. The Morgan fingerprint density at radius 3 is 2.94 bits per heavy atom. The highest BCUT2D eigenvalue weighted by Crippen LogP contribution is 2.35. The lowest BCUT2D eigenvalue weighted by Crippen LogP contribution is -2.26. The Bertz CT molecular complexity index is 405. The number of rotatable bonds is 3. The third-order valence-electron chi connectivity index (χ3n) is 2.44. The van der Waals surface area contributed by atoms with Gasteiger partial charge in [0, 0.05) is 18.8 Å². The molecule has 5 heteroatoms. The van der Waals surface area contributed by atoms with Gasteiger partial charge in [-0.1, -0.05) is 0 Å². The first-order valence-corrected chi connectivity index (χ1v) is 4.99. The van der Waals surface area contributed by atoms with E-state index in [1.165, 1.54) is 4.90 Å². The SMILES string of the molecule is CN(C(=O)CCO)c1ccc2c(c1)OCO2. The third-order valence-corrected chi connectivity index (χ3v) is 2.44. The lowest BCUT2D eigenvalue weighted by atomic mass is 10.2. The van der Waals surface area contributed by atoms with Crippen molar-refractivity contribution in [2.75, 3.05) is 25.3 Å². The number of anilines is 1. The van der Waals surface area contributed by atoms with Crippen molar-refractivity contribution in [3.63, 3.8) is 0 Å². The number of aliphatic hydroxyl groups excluding tert-OH is 1. The maximum absolute atomic E-state index is 11.5. The van der Waals surface area contributed by atoms with E-state index in [0.29, 0.717) is 11.5 Å². The third kappa shape index (κ3) is 1.94. The van der Waals surface area contributed by atoms with Crippen LogP contribution in [-0.2, 0) is 4.79 Å². The van der Waals surface area contributed by atoms with Gasteiger partial charge in [-0.25, -0.2) is 0 Å².